The van der Waals surface area contributed by atoms with Crippen LogP contribution in [0.1, 0.15) is 48.4 Å². The first kappa shape index (κ1) is 20.0. The summed E-state index contributed by atoms with van der Waals surface area (Å²) in [5.41, 5.74) is 3.65. The fraction of sp³-hybridized carbons (Fsp3) is 0.375. The van der Waals surface area contributed by atoms with Gasteiger partial charge in [0.05, 0.1) is 12.3 Å². The van der Waals surface area contributed by atoms with E-state index in [0.29, 0.717) is 11.6 Å². The molecule has 0 bridgehead atoms. The second kappa shape index (κ2) is 9.47. The highest BCUT2D eigenvalue weighted by Gasteiger charge is 2.28. The molecule has 0 amide bonds. The summed E-state index contributed by atoms with van der Waals surface area (Å²) < 4.78 is 6.33. The smallest absolute Gasteiger partial charge is 0.150 e. The molecule has 0 radical (unpaired) electrons. The van der Waals surface area contributed by atoms with Crippen LogP contribution in [-0.4, -0.2) is 37.4 Å². The third-order valence-electron chi connectivity index (χ3n) is 5.63. The van der Waals surface area contributed by atoms with E-state index >= 15 is 0 Å². The molecule has 1 fully saturated rings. The number of hydrogen-bond donors (Lipinski definition) is 1. The van der Waals surface area contributed by atoms with Crippen molar-refractivity contribution in [1.29, 1.82) is 0 Å². The summed E-state index contributed by atoms with van der Waals surface area (Å²) >= 11 is 6.21. The van der Waals surface area contributed by atoms with Gasteiger partial charge in [-0.2, -0.15) is 0 Å². The van der Waals surface area contributed by atoms with Gasteiger partial charge in [-0.05, 0) is 56.1 Å². The topological polar surface area (TPSA) is 41.6 Å². The molecule has 1 atom stereocenters. The monoisotopic (exact) mass is 410 g/mol. The molecule has 4 nitrogen and oxygen atoms in total. The van der Waals surface area contributed by atoms with Crippen LogP contribution in [0.5, 0.6) is 0 Å². The molecule has 2 aliphatic rings. The first-order chi connectivity index (χ1) is 14.3. The number of carbonyl (C=O) groups excluding carboxylic acids is 1. The molecule has 5 heteroatoms. The number of carbonyl (C=O) groups is 1. The van der Waals surface area contributed by atoms with Crippen LogP contribution in [0.3, 0.4) is 0 Å². The minimum absolute atomic E-state index is 0.445. The van der Waals surface area contributed by atoms with Crippen molar-refractivity contribution >= 4 is 29.3 Å². The number of aldehydes is 1. The second-order valence-corrected chi connectivity index (χ2v) is 8.10. The molecule has 1 unspecified atom stereocenters. The average molecular weight is 411 g/mol. The molecule has 152 valence electrons. The predicted octanol–water partition coefficient (Wildman–Crippen LogP) is 4.90. The third kappa shape index (κ3) is 4.65. The molecule has 0 aromatic heterocycles. The summed E-state index contributed by atoms with van der Waals surface area (Å²) in [7, 11) is 0. The third-order valence-corrected chi connectivity index (χ3v) is 5.87. The van der Waals surface area contributed by atoms with Gasteiger partial charge in [0, 0.05) is 22.7 Å². The van der Waals surface area contributed by atoms with E-state index < -0.39 is 6.04 Å². The lowest BCUT2D eigenvalue weighted by molar-refractivity contribution is -0.109. The van der Waals surface area contributed by atoms with Gasteiger partial charge in [0.25, 0.3) is 0 Å². The molecule has 0 spiro atoms. The number of nitrogens with one attached hydrogen (secondary N) is 1. The zero-order chi connectivity index (χ0) is 20.1. The summed E-state index contributed by atoms with van der Waals surface area (Å²) in [6.07, 6.45) is 5.85. The average Bonchev–Trinajstić information content (AvgIpc) is 2.77. The molecule has 0 aliphatic carbocycles. The van der Waals surface area contributed by atoms with Gasteiger partial charge >= 0.3 is 0 Å². The maximum absolute atomic E-state index is 11.8. The van der Waals surface area contributed by atoms with E-state index in [-0.39, 0.29) is 0 Å². The highest BCUT2D eigenvalue weighted by molar-refractivity contribution is 6.30. The number of piperidine rings is 1. The van der Waals surface area contributed by atoms with Crippen LogP contribution in [0.2, 0.25) is 5.02 Å². The Kier molecular flexibility index (Phi) is 6.53. The summed E-state index contributed by atoms with van der Waals surface area (Å²) in [5, 5.41) is 3.98. The maximum Gasteiger partial charge on any atom is 0.150 e. The van der Waals surface area contributed by atoms with Gasteiger partial charge in [0.15, 0.2) is 5.76 Å². The number of nitrogens with zero attached hydrogens (tertiary/aromatic N) is 1. The van der Waals surface area contributed by atoms with Crippen molar-refractivity contribution in [2.45, 2.75) is 31.7 Å². The fourth-order valence-electron chi connectivity index (χ4n) is 4.15. The van der Waals surface area contributed by atoms with E-state index in [0.717, 1.165) is 47.4 Å². The molecule has 1 saturated heterocycles. The van der Waals surface area contributed by atoms with Crippen molar-refractivity contribution < 1.29 is 9.53 Å². The van der Waals surface area contributed by atoms with Gasteiger partial charge < -0.3 is 19.7 Å². The molecule has 2 aliphatic heterocycles. The largest absolute Gasteiger partial charge is 0.491 e. The highest BCUT2D eigenvalue weighted by atomic mass is 35.5. The second-order valence-electron chi connectivity index (χ2n) is 7.66. The van der Waals surface area contributed by atoms with E-state index in [1.54, 1.807) is 0 Å². The number of benzene rings is 2. The zero-order valence-corrected chi connectivity index (χ0v) is 17.3. The lowest BCUT2D eigenvalue weighted by atomic mass is 9.93. The minimum atomic E-state index is -0.445. The minimum Gasteiger partial charge on any atom is -0.491 e. The standard InChI is InChI=1S/C24H27ClN2O2/c25-19-10-11-20-21(16-19)22(17-28)26-23(18-8-3-1-4-9-18)24(20)29-15-7-14-27-12-5-2-6-13-27/h1,3-4,8-11,16-17,22,26H,2,5-7,12-15H2. The Labute approximate surface area is 177 Å². The van der Waals surface area contributed by atoms with Gasteiger partial charge in [0.2, 0.25) is 0 Å². The Morgan fingerprint density at radius 1 is 1.10 bits per heavy atom. The Morgan fingerprint density at radius 2 is 1.90 bits per heavy atom. The lowest BCUT2D eigenvalue weighted by Crippen LogP contribution is -2.31. The maximum atomic E-state index is 11.8. The highest BCUT2D eigenvalue weighted by Crippen LogP contribution is 2.37. The molecular weight excluding hydrogens is 384 g/mol. The SMILES string of the molecule is O=CC1NC(c2ccccc2)=C(OCCCN2CCCCC2)c2ccc(Cl)cc21. The number of likely N-dealkylation sites (tertiary alicyclic amines) is 1. The summed E-state index contributed by atoms with van der Waals surface area (Å²) in [6, 6.07) is 15.2. The summed E-state index contributed by atoms with van der Waals surface area (Å²) in [4.78, 5) is 14.3. The first-order valence-corrected chi connectivity index (χ1v) is 10.8. The zero-order valence-electron chi connectivity index (χ0n) is 16.6. The Morgan fingerprint density at radius 3 is 2.66 bits per heavy atom. The van der Waals surface area contributed by atoms with Crippen molar-refractivity contribution in [1.82, 2.24) is 10.2 Å². The van der Waals surface area contributed by atoms with E-state index in [4.69, 9.17) is 16.3 Å². The Hall–Kier alpha value is -2.30. The van der Waals surface area contributed by atoms with Crippen LogP contribution in [-0.2, 0) is 9.53 Å². The van der Waals surface area contributed by atoms with Crippen LogP contribution >= 0.6 is 11.6 Å². The number of hydrogen-bond acceptors (Lipinski definition) is 4. The molecule has 2 aromatic carbocycles. The van der Waals surface area contributed by atoms with E-state index in [1.165, 1.54) is 32.4 Å². The molecule has 29 heavy (non-hydrogen) atoms. The molecular formula is C24H27ClN2O2. The number of rotatable bonds is 7. The molecule has 4 rings (SSSR count). The lowest BCUT2D eigenvalue weighted by Gasteiger charge is -2.30. The summed E-state index contributed by atoms with van der Waals surface area (Å²) in [6.45, 7) is 4.09. The van der Waals surface area contributed by atoms with Gasteiger partial charge in [-0.1, -0.05) is 48.4 Å². The fourth-order valence-corrected chi connectivity index (χ4v) is 4.33. The molecule has 2 heterocycles. The van der Waals surface area contributed by atoms with Gasteiger partial charge in [0.1, 0.15) is 12.3 Å². The molecule has 2 aromatic rings. The molecule has 0 saturated carbocycles. The first-order valence-electron chi connectivity index (χ1n) is 10.4. The van der Waals surface area contributed by atoms with Gasteiger partial charge in [-0.25, -0.2) is 0 Å². The van der Waals surface area contributed by atoms with Crippen LogP contribution in [0, 0.1) is 0 Å². The van der Waals surface area contributed by atoms with Gasteiger partial charge in [-0.3, -0.25) is 0 Å². The predicted molar refractivity (Wildman–Crippen MR) is 118 cm³/mol. The van der Waals surface area contributed by atoms with Crippen molar-refractivity contribution in [2.75, 3.05) is 26.2 Å². The van der Waals surface area contributed by atoms with E-state index in [2.05, 4.69) is 10.2 Å². The summed E-state index contributed by atoms with van der Waals surface area (Å²) in [5.74, 6) is 0.791. The number of halogens is 1. The Balaban J connectivity index is 1.59. The van der Waals surface area contributed by atoms with Crippen molar-refractivity contribution in [3.8, 4) is 0 Å². The van der Waals surface area contributed by atoms with Crippen molar-refractivity contribution in [3.05, 3.63) is 70.2 Å². The molecule has 1 N–H and O–H groups in total. The van der Waals surface area contributed by atoms with Gasteiger partial charge in [-0.15, -0.1) is 0 Å². The van der Waals surface area contributed by atoms with Crippen LogP contribution < -0.4 is 5.32 Å². The van der Waals surface area contributed by atoms with Crippen LogP contribution in [0.15, 0.2) is 48.5 Å². The number of fused-ring (bicyclic) bond motifs is 1. The van der Waals surface area contributed by atoms with E-state index in [1.807, 2.05) is 48.5 Å². The van der Waals surface area contributed by atoms with E-state index in [9.17, 15) is 4.79 Å². The van der Waals surface area contributed by atoms with Crippen molar-refractivity contribution in [3.63, 3.8) is 0 Å². The van der Waals surface area contributed by atoms with Crippen LogP contribution in [0.4, 0.5) is 0 Å². The number of ether oxygens (including phenoxy) is 1. The van der Waals surface area contributed by atoms with Crippen LogP contribution in [0.25, 0.3) is 11.5 Å². The normalized spacial score (nSPS) is 19.4. The van der Waals surface area contributed by atoms with Crippen molar-refractivity contribution in [2.24, 2.45) is 0 Å². The quantitative estimate of drug-likeness (QED) is 0.520. The Bertz CT molecular complexity index is 876.